The molecule has 2 rings (SSSR count). The molecule has 0 saturated carbocycles. The number of hydrogen-bond acceptors (Lipinski definition) is 2. The Kier molecular flexibility index (Phi) is 6.58. The highest BCUT2D eigenvalue weighted by Crippen LogP contribution is 2.33. The predicted molar refractivity (Wildman–Crippen MR) is 97.3 cm³/mol. The Balaban J connectivity index is 2.11. The molecule has 1 amide bonds. The molecule has 0 saturated heterocycles. The fourth-order valence-electron chi connectivity index (χ4n) is 2.30. The fraction of sp³-hybridized carbons (Fsp3) is 0.235. The van der Waals surface area contributed by atoms with Gasteiger partial charge in [-0.25, -0.2) is 0 Å². The van der Waals surface area contributed by atoms with Gasteiger partial charge in [-0.05, 0) is 24.1 Å². The Bertz CT molecular complexity index is 654. The Morgan fingerprint density at radius 1 is 1.09 bits per heavy atom. The van der Waals surface area contributed by atoms with E-state index < -0.39 is 0 Å². The average Bonchev–Trinajstić information content (AvgIpc) is 2.52. The summed E-state index contributed by atoms with van der Waals surface area (Å²) in [4.78, 5) is 12.5. The second kappa shape index (κ2) is 8.44. The van der Waals surface area contributed by atoms with Crippen molar-refractivity contribution in [2.75, 3.05) is 5.43 Å². The molecule has 2 N–H and O–H groups in total. The normalized spacial score (nSPS) is 11.8. The zero-order valence-electron chi connectivity index (χ0n) is 12.6. The lowest BCUT2D eigenvalue weighted by Crippen LogP contribution is -2.34. The van der Waals surface area contributed by atoms with E-state index >= 15 is 0 Å². The van der Waals surface area contributed by atoms with Gasteiger partial charge in [0.15, 0.2) is 0 Å². The maximum atomic E-state index is 12.5. The maximum Gasteiger partial charge on any atom is 0.245 e. The van der Waals surface area contributed by atoms with Crippen LogP contribution in [0.1, 0.15) is 31.2 Å². The lowest BCUT2D eigenvalue weighted by molar-refractivity contribution is -0.122. The van der Waals surface area contributed by atoms with E-state index in [1.807, 2.05) is 37.3 Å². The minimum absolute atomic E-state index is 0.139. The first kappa shape index (κ1) is 17.9. The van der Waals surface area contributed by atoms with Crippen LogP contribution in [-0.2, 0) is 4.79 Å². The Labute approximate surface area is 150 Å². The summed E-state index contributed by atoms with van der Waals surface area (Å²) >= 11 is 18.1. The van der Waals surface area contributed by atoms with Crippen LogP contribution < -0.4 is 10.9 Å². The van der Waals surface area contributed by atoms with Crippen LogP contribution in [0.5, 0.6) is 0 Å². The zero-order valence-corrected chi connectivity index (χ0v) is 14.8. The van der Waals surface area contributed by atoms with Gasteiger partial charge in [0.25, 0.3) is 0 Å². The van der Waals surface area contributed by atoms with E-state index in [0.717, 1.165) is 18.4 Å². The number of rotatable bonds is 6. The Hall–Kier alpha value is -1.42. The molecule has 23 heavy (non-hydrogen) atoms. The van der Waals surface area contributed by atoms with Crippen molar-refractivity contribution in [2.24, 2.45) is 0 Å². The van der Waals surface area contributed by atoms with E-state index in [2.05, 4.69) is 10.9 Å². The minimum atomic E-state index is -0.237. The van der Waals surface area contributed by atoms with Gasteiger partial charge < -0.3 is 0 Å². The summed E-state index contributed by atoms with van der Waals surface area (Å²) in [5, 5.41) is 1.12. The number of carbonyl (C=O) groups excluding carboxylic acids is 1. The minimum Gasteiger partial charge on any atom is -0.296 e. The third-order valence-corrected chi connectivity index (χ3v) is 4.23. The standard InChI is InChI=1S/C17H17Cl3N2O/c1-2-6-13(11-7-4-3-5-8-11)17(23)22-21-16-14(19)9-12(18)10-15(16)20/h3-5,7-10,13,21H,2,6H2,1H3,(H,22,23). The van der Waals surface area contributed by atoms with Crippen LogP contribution in [0.15, 0.2) is 42.5 Å². The topological polar surface area (TPSA) is 41.1 Å². The average molecular weight is 372 g/mol. The van der Waals surface area contributed by atoms with Crippen molar-refractivity contribution in [1.29, 1.82) is 0 Å². The van der Waals surface area contributed by atoms with Crippen molar-refractivity contribution >= 4 is 46.4 Å². The SMILES string of the molecule is CCCC(C(=O)NNc1c(Cl)cc(Cl)cc1Cl)c1ccccc1. The first-order valence-electron chi connectivity index (χ1n) is 7.28. The van der Waals surface area contributed by atoms with Crippen LogP contribution >= 0.6 is 34.8 Å². The molecule has 3 nitrogen and oxygen atoms in total. The summed E-state index contributed by atoms with van der Waals surface area (Å²) < 4.78 is 0. The molecule has 0 spiro atoms. The molecule has 0 fully saturated rings. The van der Waals surface area contributed by atoms with Crippen molar-refractivity contribution in [3.63, 3.8) is 0 Å². The molecule has 0 heterocycles. The highest BCUT2D eigenvalue weighted by atomic mass is 35.5. The molecule has 0 aliphatic rings. The van der Waals surface area contributed by atoms with E-state index in [-0.39, 0.29) is 11.8 Å². The van der Waals surface area contributed by atoms with Gasteiger partial charge in [-0.1, -0.05) is 78.5 Å². The Morgan fingerprint density at radius 2 is 1.70 bits per heavy atom. The maximum absolute atomic E-state index is 12.5. The molecule has 1 atom stereocenters. The largest absolute Gasteiger partial charge is 0.296 e. The van der Waals surface area contributed by atoms with Crippen molar-refractivity contribution in [3.05, 3.63) is 63.1 Å². The van der Waals surface area contributed by atoms with E-state index in [9.17, 15) is 4.79 Å². The summed E-state index contributed by atoms with van der Waals surface area (Å²) in [7, 11) is 0. The number of carbonyl (C=O) groups is 1. The predicted octanol–water partition coefficient (Wildman–Crippen LogP) is 5.67. The van der Waals surface area contributed by atoms with Crippen LogP contribution in [0.3, 0.4) is 0 Å². The summed E-state index contributed by atoms with van der Waals surface area (Å²) in [6, 6.07) is 12.8. The third-order valence-electron chi connectivity index (χ3n) is 3.41. The van der Waals surface area contributed by atoms with Crippen LogP contribution in [-0.4, -0.2) is 5.91 Å². The highest BCUT2D eigenvalue weighted by molar-refractivity contribution is 6.41. The zero-order chi connectivity index (χ0) is 16.8. The summed E-state index contributed by atoms with van der Waals surface area (Å²) in [5.41, 5.74) is 6.88. The lowest BCUT2D eigenvalue weighted by atomic mass is 9.94. The van der Waals surface area contributed by atoms with Gasteiger partial charge >= 0.3 is 0 Å². The van der Waals surface area contributed by atoms with Gasteiger partial charge in [-0.3, -0.25) is 15.6 Å². The number of nitrogens with one attached hydrogen (secondary N) is 2. The number of halogens is 3. The molecule has 0 bridgehead atoms. The number of amides is 1. The van der Waals surface area contributed by atoms with E-state index in [1.54, 1.807) is 12.1 Å². The third kappa shape index (κ3) is 4.77. The van der Waals surface area contributed by atoms with Crippen LogP contribution in [0.25, 0.3) is 0 Å². The van der Waals surface area contributed by atoms with Crippen LogP contribution in [0.2, 0.25) is 15.1 Å². The van der Waals surface area contributed by atoms with Crippen LogP contribution in [0.4, 0.5) is 5.69 Å². The van der Waals surface area contributed by atoms with Crippen LogP contribution in [0, 0.1) is 0 Å². The van der Waals surface area contributed by atoms with E-state index in [0.29, 0.717) is 20.8 Å². The molecular formula is C17H17Cl3N2O. The van der Waals surface area contributed by atoms with E-state index in [1.165, 1.54) is 0 Å². The Morgan fingerprint density at radius 3 is 2.26 bits per heavy atom. The second-order valence-electron chi connectivity index (χ2n) is 5.11. The molecular weight excluding hydrogens is 355 g/mol. The molecule has 122 valence electrons. The molecule has 0 aromatic heterocycles. The first-order valence-corrected chi connectivity index (χ1v) is 8.41. The molecule has 0 radical (unpaired) electrons. The monoisotopic (exact) mass is 370 g/mol. The first-order chi connectivity index (χ1) is 11.0. The van der Waals surface area contributed by atoms with Gasteiger partial charge in [0.2, 0.25) is 5.91 Å². The number of benzene rings is 2. The van der Waals surface area contributed by atoms with Crippen molar-refractivity contribution in [3.8, 4) is 0 Å². The lowest BCUT2D eigenvalue weighted by Gasteiger charge is -2.18. The molecule has 6 heteroatoms. The molecule has 0 aliphatic heterocycles. The quantitative estimate of drug-likeness (QED) is 0.642. The second-order valence-corrected chi connectivity index (χ2v) is 6.36. The van der Waals surface area contributed by atoms with Gasteiger partial charge in [0, 0.05) is 5.02 Å². The van der Waals surface area contributed by atoms with Gasteiger partial charge in [-0.2, -0.15) is 0 Å². The molecule has 0 aliphatic carbocycles. The summed E-state index contributed by atoms with van der Waals surface area (Å²) in [5.74, 6) is -0.376. The van der Waals surface area contributed by atoms with Gasteiger partial charge in [-0.15, -0.1) is 0 Å². The highest BCUT2D eigenvalue weighted by Gasteiger charge is 2.20. The summed E-state index contributed by atoms with van der Waals surface area (Å²) in [6.45, 7) is 2.05. The number of anilines is 1. The van der Waals surface area contributed by atoms with E-state index in [4.69, 9.17) is 34.8 Å². The van der Waals surface area contributed by atoms with Crippen molar-refractivity contribution in [2.45, 2.75) is 25.7 Å². The molecule has 2 aromatic carbocycles. The van der Waals surface area contributed by atoms with Gasteiger partial charge in [0.05, 0.1) is 21.7 Å². The summed E-state index contributed by atoms with van der Waals surface area (Å²) in [6.07, 6.45) is 1.65. The molecule has 1 unspecified atom stereocenters. The van der Waals surface area contributed by atoms with Crippen molar-refractivity contribution in [1.82, 2.24) is 5.43 Å². The molecule has 2 aromatic rings. The van der Waals surface area contributed by atoms with Gasteiger partial charge in [0.1, 0.15) is 0 Å². The number of hydrazine groups is 1. The fourth-order valence-corrected chi connectivity index (χ4v) is 3.21. The number of hydrogen-bond donors (Lipinski definition) is 2. The van der Waals surface area contributed by atoms with Crippen molar-refractivity contribution < 1.29 is 4.79 Å². The smallest absolute Gasteiger partial charge is 0.245 e.